The number of fused-ring (bicyclic) bond motifs is 1. The van der Waals surface area contributed by atoms with Crippen LogP contribution in [0, 0.1) is 0 Å². The number of carbonyl (C=O) groups is 1. The van der Waals surface area contributed by atoms with E-state index < -0.39 is 11.7 Å². The number of amides is 1. The molecule has 2 N–H and O–H groups in total. The number of aromatic nitrogens is 3. The second kappa shape index (κ2) is 9.94. The fraction of sp³-hybridized carbons (Fsp3) is 0.222. The highest BCUT2D eigenvalue weighted by molar-refractivity contribution is 6.08. The highest BCUT2D eigenvalue weighted by atomic mass is 19.4. The molecule has 4 aromatic rings. The van der Waals surface area contributed by atoms with E-state index >= 15 is 0 Å². The smallest absolute Gasteiger partial charge is 0.322 e. The maximum Gasteiger partial charge on any atom is 0.416 e. The summed E-state index contributed by atoms with van der Waals surface area (Å²) in [6, 6.07) is 17.7. The lowest BCUT2D eigenvalue weighted by Gasteiger charge is -2.28. The van der Waals surface area contributed by atoms with Crippen molar-refractivity contribution in [1.29, 1.82) is 0 Å². The van der Waals surface area contributed by atoms with Gasteiger partial charge in [-0.25, -0.2) is 4.98 Å². The summed E-state index contributed by atoms with van der Waals surface area (Å²) in [7, 11) is 0. The van der Waals surface area contributed by atoms with Gasteiger partial charge >= 0.3 is 6.18 Å². The van der Waals surface area contributed by atoms with Crippen molar-refractivity contribution in [3.8, 4) is 11.1 Å². The second-order valence-electron chi connectivity index (χ2n) is 8.77. The molecule has 0 saturated carbocycles. The van der Waals surface area contributed by atoms with E-state index in [4.69, 9.17) is 0 Å². The Bertz CT molecular complexity index is 1350. The molecule has 1 aromatic heterocycles. The summed E-state index contributed by atoms with van der Waals surface area (Å²) in [5, 5.41) is 9.72. The quantitative estimate of drug-likeness (QED) is 0.382. The Labute approximate surface area is 206 Å². The molecule has 1 aliphatic rings. The number of benzene rings is 3. The van der Waals surface area contributed by atoms with Crippen LogP contribution in [0.5, 0.6) is 0 Å². The highest BCUT2D eigenvalue weighted by Crippen LogP contribution is 2.32. The number of anilines is 1. The van der Waals surface area contributed by atoms with Gasteiger partial charge in [0.05, 0.1) is 5.56 Å². The molecule has 0 fully saturated rings. The third-order valence-electron chi connectivity index (χ3n) is 6.38. The van der Waals surface area contributed by atoms with Crippen molar-refractivity contribution in [3.05, 3.63) is 101 Å². The number of carbonyl (C=O) groups excluding carboxylic acids is 1. The molecule has 36 heavy (non-hydrogen) atoms. The number of alkyl halides is 3. The Morgan fingerprint density at radius 3 is 2.58 bits per heavy atom. The van der Waals surface area contributed by atoms with E-state index in [2.05, 4.69) is 25.4 Å². The van der Waals surface area contributed by atoms with Crippen LogP contribution in [-0.4, -0.2) is 39.1 Å². The van der Waals surface area contributed by atoms with Crippen molar-refractivity contribution >= 4 is 11.6 Å². The van der Waals surface area contributed by atoms with Gasteiger partial charge in [-0.05, 0) is 59.0 Å². The minimum absolute atomic E-state index is 0.310. The Morgan fingerprint density at radius 2 is 1.83 bits per heavy atom. The lowest BCUT2D eigenvalue weighted by Crippen LogP contribution is -2.32. The Balaban J connectivity index is 1.28. The molecule has 0 unspecified atom stereocenters. The van der Waals surface area contributed by atoms with Crippen molar-refractivity contribution in [1.82, 2.24) is 20.1 Å². The predicted molar refractivity (Wildman–Crippen MR) is 130 cm³/mol. The van der Waals surface area contributed by atoms with Gasteiger partial charge in [0, 0.05) is 37.3 Å². The number of nitrogens with zero attached hydrogens (tertiary/aromatic N) is 3. The summed E-state index contributed by atoms with van der Waals surface area (Å²) in [6.07, 6.45) is -1.21. The van der Waals surface area contributed by atoms with E-state index in [0.717, 1.165) is 50.4 Å². The molecule has 5 rings (SSSR count). The first kappa shape index (κ1) is 23.7. The maximum atomic E-state index is 13.1. The van der Waals surface area contributed by atoms with Gasteiger partial charge < -0.3 is 5.32 Å². The van der Waals surface area contributed by atoms with Gasteiger partial charge in [-0.1, -0.05) is 36.4 Å². The molecule has 1 aliphatic heterocycles. The minimum Gasteiger partial charge on any atom is -0.322 e. The topological polar surface area (TPSA) is 73.9 Å². The van der Waals surface area contributed by atoms with Crippen LogP contribution in [0.1, 0.15) is 32.9 Å². The third-order valence-corrected chi connectivity index (χ3v) is 6.38. The van der Waals surface area contributed by atoms with E-state index in [1.54, 1.807) is 24.3 Å². The van der Waals surface area contributed by atoms with Crippen LogP contribution >= 0.6 is 0 Å². The number of H-pyrrole nitrogens is 1. The van der Waals surface area contributed by atoms with Crippen LogP contribution in [0.2, 0.25) is 0 Å². The largest absolute Gasteiger partial charge is 0.416 e. The van der Waals surface area contributed by atoms with E-state index in [9.17, 15) is 18.0 Å². The average Bonchev–Trinajstić information content (AvgIpc) is 3.41. The predicted octanol–water partition coefficient (Wildman–Crippen LogP) is 5.34. The van der Waals surface area contributed by atoms with E-state index in [1.165, 1.54) is 29.6 Å². The van der Waals surface area contributed by atoms with Crippen molar-refractivity contribution in [2.24, 2.45) is 0 Å². The van der Waals surface area contributed by atoms with Crippen LogP contribution < -0.4 is 5.32 Å². The normalized spacial score (nSPS) is 13.9. The van der Waals surface area contributed by atoms with Crippen LogP contribution in [0.3, 0.4) is 0 Å². The first-order chi connectivity index (χ1) is 17.4. The zero-order valence-electron chi connectivity index (χ0n) is 19.3. The summed E-state index contributed by atoms with van der Waals surface area (Å²) in [6.45, 7) is 2.62. The molecule has 0 radical (unpaired) electrons. The summed E-state index contributed by atoms with van der Waals surface area (Å²) in [5.41, 5.74) is 3.90. The third kappa shape index (κ3) is 5.31. The average molecular weight is 492 g/mol. The van der Waals surface area contributed by atoms with Gasteiger partial charge in [0.2, 0.25) is 0 Å². The van der Waals surface area contributed by atoms with E-state index in [0.29, 0.717) is 22.4 Å². The zero-order valence-corrected chi connectivity index (χ0v) is 19.3. The minimum atomic E-state index is -4.41. The van der Waals surface area contributed by atoms with Crippen LogP contribution in [-0.2, 0) is 25.6 Å². The molecule has 3 aromatic carbocycles. The molecule has 0 aliphatic carbocycles. The van der Waals surface area contributed by atoms with Gasteiger partial charge in [0.15, 0.2) is 0 Å². The molecule has 0 saturated heterocycles. The van der Waals surface area contributed by atoms with Gasteiger partial charge in [-0.2, -0.15) is 18.3 Å². The highest BCUT2D eigenvalue weighted by Gasteiger charge is 2.30. The summed E-state index contributed by atoms with van der Waals surface area (Å²) >= 11 is 0. The maximum absolute atomic E-state index is 13.1. The molecule has 184 valence electrons. The van der Waals surface area contributed by atoms with Crippen molar-refractivity contribution < 1.29 is 18.0 Å². The van der Waals surface area contributed by atoms with Gasteiger partial charge in [0.25, 0.3) is 5.91 Å². The second-order valence-corrected chi connectivity index (χ2v) is 8.77. The molecule has 0 bridgehead atoms. The molecule has 6 nitrogen and oxygen atoms in total. The van der Waals surface area contributed by atoms with Crippen LogP contribution in [0.15, 0.2) is 73.1 Å². The van der Waals surface area contributed by atoms with Crippen molar-refractivity contribution in [3.63, 3.8) is 0 Å². The summed E-state index contributed by atoms with van der Waals surface area (Å²) in [5.74, 6) is 0.561. The summed E-state index contributed by atoms with van der Waals surface area (Å²) in [4.78, 5) is 19.7. The Hall–Kier alpha value is -3.98. The number of aromatic amines is 1. The van der Waals surface area contributed by atoms with E-state index in [1.807, 2.05) is 18.2 Å². The van der Waals surface area contributed by atoms with Crippen LogP contribution in [0.25, 0.3) is 11.1 Å². The number of halogens is 3. The molecule has 0 spiro atoms. The molecule has 0 atom stereocenters. The number of rotatable bonds is 6. The lowest BCUT2D eigenvalue weighted by atomic mass is 9.97. The molecular formula is C27H24F3N5O. The van der Waals surface area contributed by atoms with Crippen molar-refractivity contribution in [2.75, 3.05) is 18.4 Å². The molecule has 2 heterocycles. The van der Waals surface area contributed by atoms with Gasteiger partial charge in [-0.3, -0.25) is 14.8 Å². The van der Waals surface area contributed by atoms with E-state index in [-0.39, 0.29) is 5.91 Å². The first-order valence-electron chi connectivity index (χ1n) is 11.6. The zero-order chi connectivity index (χ0) is 25.1. The SMILES string of the molecule is O=C(Nc1ccc2c(c1)CCN(CCc1ncn[nH]1)C2)c1ccccc1-c1ccc(C(F)(F)F)cc1. The first-order valence-corrected chi connectivity index (χ1v) is 11.6. The Kier molecular flexibility index (Phi) is 6.56. The molecule has 9 heteroatoms. The molecular weight excluding hydrogens is 467 g/mol. The number of nitrogens with one attached hydrogen (secondary N) is 2. The summed E-state index contributed by atoms with van der Waals surface area (Å²) < 4.78 is 38.8. The van der Waals surface area contributed by atoms with Gasteiger partial charge in [0.1, 0.15) is 12.2 Å². The fourth-order valence-electron chi connectivity index (χ4n) is 4.47. The van der Waals surface area contributed by atoms with Gasteiger partial charge in [-0.15, -0.1) is 0 Å². The number of hydrogen-bond donors (Lipinski definition) is 2. The molecule has 1 amide bonds. The standard InChI is InChI=1S/C27H24F3N5O/c28-27(29,30)21-8-5-18(6-9-21)23-3-1-2-4-24(23)26(36)33-22-10-7-20-16-35(13-11-19(20)15-22)14-12-25-31-17-32-34-25/h1-10,15,17H,11-14,16H2,(H,33,36)(H,31,32,34). The Morgan fingerprint density at radius 1 is 1.03 bits per heavy atom. The fourth-order valence-corrected chi connectivity index (χ4v) is 4.47. The lowest BCUT2D eigenvalue weighted by molar-refractivity contribution is -0.137. The monoisotopic (exact) mass is 491 g/mol. The number of hydrogen-bond acceptors (Lipinski definition) is 4. The van der Waals surface area contributed by atoms with Crippen molar-refractivity contribution in [2.45, 2.75) is 25.6 Å². The van der Waals surface area contributed by atoms with Crippen LogP contribution in [0.4, 0.5) is 18.9 Å².